The highest BCUT2D eigenvalue weighted by atomic mass is 32.2. The average molecular weight is 387 g/mol. The molecule has 0 bridgehead atoms. The van der Waals surface area contributed by atoms with E-state index in [1.807, 2.05) is 56.3 Å². The van der Waals surface area contributed by atoms with Crippen molar-refractivity contribution < 1.29 is 4.79 Å². The Morgan fingerprint density at radius 1 is 1.12 bits per heavy atom. The number of thiocarbonyl (C=S) groups is 2. The van der Waals surface area contributed by atoms with Crippen LogP contribution in [0.25, 0.3) is 0 Å². The number of nitrogens with one attached hydrogen (secondary N) is 1. The molecule has 6 heteroatoms. The van der Waals surface area contributed by atoms with Crippen molar-refractivity contribution in [3.05, 3.63) is 59.2 Å². The Labute approximate surface area is 162 Å². The molecule has 2 aromatic carbocycles. The Kier molecular flexibility index (Phi) is 5.22. The maximum Gasteiger partial charge on any atom is 0.253 e. The molecular formula is C19H18N2OS3. The molecule has 0 spiro atoms. The lowest BCUT2D eigenvalue weighted by Gasteiger charge is -2.17. The first kappa shape index (κ1) is 18.0. The highest BCUT2D eigenvalue weighted by Crippen LogP contribution is 2.33. The molecule has 1 N–H and O–H groups in total. The van der Waals surface area contributed by atoms with Gasteiger partial charge in [-0.1, -0.05) is 54.4 Å². The van der Waals surface area contributed by atoms with Crippen LogP contribution in [-0.2, 0) is 4.79 Å². The van der Waals surface area contributed by atoms with Gasteiger partial charge in [0.2, 0.25) is 0 Å². The van der Waals surface area contributed by atoms with Crippen LogP contribution in [-0.4, -0.2) is 20.5 Å². The van der Waals surface area contributed by atoms with Gasteiger partial charge in [-0.05, 0) is 61.7 Å². The first-order chi connectivity index (χ1) is 11.9. The number of hydrogen-bond acceptors (Lipinski definition) is 4. The summed E-state index contributed by atoms with van der Waals surface area (Å²) in [5, 5.41) is 2.69. The molecule has 1 aliphatic rings. The zero-order valence-corrected chi connectivity index (χ0v) is 16.6. The number of aryl methyl sites for hydroxylation is 3. The molecule has 2 aromatic rings. The van der Waals surface area contributed by atoms with Crippen LogP contribution in [0.5, 0.6) is 0 Å². The van der Waals surface area contributed by atoms with Gasteiger partial charge in [0, 0.05) is 5.69 Å². The molecule has 0 aromatic heterocycles. The zero-order valence-electron chi connectivity index (χ0n) is 14.2. The normalized spacial score (nSPS) is 17.1. The fourth-order valence-electron chi connectivity index (χ4n) is 2.60. The minimum Gasteiger partial charge on any atom is -0.349 e. The summed E-state index contributed by atoms with van der Waals surface area (Å²) in [5.74, 6) is -0.0954. The van der Waals surface area contributed by atoms with E-state index in [1.54, 1.807) is 4.90 Å². The summed E-state index contributed by atoms with van der Waals surface area (Å²) >= 11 is 12.2. The molecular weight excluding hydrogens is 368 g/mol. The van der Waals surface area contributed by atoms with Crippen molar-refractivity contribution >= 4 is 62.8 Å². The first-order valence-corrected chi connectivity index (χ1v) is 9.56. The van der Waals surface area contributed by atoms with E-state index in [9.17, 15) is 4.79 Å². The number of hydrogen-bond donors (Lipinski definition) is 1. The number of carbonyl (C=O) groups is 1. The first-order valence-electron chi connectivity index (χ1n) is 7.86. The van der Waals surface area contributed by atoms with E-state index in [4.69, 9.17) is 24.4 Å². The van der Waals surface area contributed by atoms with Crippen LogP contribution < -0.4 is 10.2 Å². The van der Waals surface area contributed by atoms with E-state index >= 15 is 0 Å². The van der Waals surface area contributed by atoms with Crippen molar-refractivity contribution in [2.75, 3.05) is 10.2 Å². The smallest absolute Gasteiger partial charge is 0.253 e. The van der Waals surface area contributed by atoms with Gasteiger partial charge < -0.3 is 5.32 Å². The number of thioether (sulfide) groups is 1. The Morgan fingerprint density at radius 3 is 2.56 bits per heavy atom. The van der Waals surface area contributed by atoms with Crippen molar-refractivity contribution in [1.29, 1.82) is 0 Å². The fourth-order valence-corrected chi connectivity index (χ4v) is 4.33. The Hall–Kier alpha value is -1.76. The van der Waals surface area contributed by atoms with Gasteiger partial charge in [0.25, 0.3) is 5.91 Å². The molecule has 128 valence electrons. The summed E-state index contributed by atoms with van der Waals surface area (Å²) < 4.78 is 0.532. The van der Waals surface area contributed by atoms with Gasteiger partial charge in [-0.25, -0.2) is 0 Å². The molecule has 1 fully saturated rings. The maximum absolute atomic E-state index is 12.9. The van der Waals surface area contributed by atoms with Crippen LogP contribution >= 0.6 is 36.2 Å². The lowest BCUT2D eigenvalue weighted by Crippen LogP contribution is -2.36. The van der Waals surface area contributed by atoms with Crippen LogP contribution in [0.4, 0.5) is 11.4 Å². The van der Waals surface area contributed by atoms with Gasteiger partial charge in [-0.15, -0.1) is 0 Å². The van der Waals surface area contributed by atoms with E-state index in [-0.39, 0.29) is 5.91 Å². The second-order valence-electron chi connectivity index (χ2n) is 6.06. The quantitative estimate of drug-likeness (QED) is 0.767. The summed E-state index contributed by atoms with van der Waals surface area (Å²) in [6.45, 7) is 6.10. The standard InChI is InChI=1S/C19H18N2OS3/c1-11-5-4-6-15(9-11)21-18(22)16(25-19(21)24)17(23)20-14-8-7-12(2)13(3)10-14/h4-10,16H,1-3H3,(H,20,23). The maximum atomic E-state index is 12.9. The summed E-state index contributed by atoms with van der Waals surface area (Å²) in [5.41, 5.74) is 5.16. The minimum atomic E-state index is -0.496. The van der Waals surface area contributed by atoms with E-state index in [2.05, 4.69) is 12.2 Å². The third-order valence-corrected chi connectivity index (χ3v) is 6.13. The van der Waals surface area contributed by atoms with E-state index in [1.165, 1.54) is 22.9 Å². The number of benzene rings is 2. The molecule has 3 nitrogen and oxygen atoms in total. The predicted octanol–water partition coefficient (Wildman–Crippen LogP) is 4.78. The minimum absolute atomic E-state index is 0.0954. The van der Waals surface area contributed by atoms with Crippen LogP contribution in [0.1, 0.15) is 16.7 Å². The number of carbonyl (C=O) groups excluding carboxylic acids is 1. The topological polar surface area (TPSA) is 32.3 Å². The van der Waals surface area contributed by atoms with Crippen molar-refractivity contribution in [2.45, 2.75) is 26.0 Å². The molecule has 0 radical (unpaired) electrons. The molecule has 25 heavy (non-hydrogen) atoms. The van der Waals surface area contributed by atoms with Crippen molar-refractivity contribution in [1.82, 2.24) is 0 Å². The fraction of sp³-hybridized carbons (Fsp3) is 0.211. The van der Waals surface area contributed by atoms with Gasteiger partial charge in [0.1, 0.15) is 14.6 Å². The molecule has 1 heterocycles. The van der Waals surface area contributed by atoms with Crippen molar-refractivity contribution in [2.24, 2.45) is 0 Å². The van der Waals surface area contributed by atoms with Crippen molar-refractivity contribution in [3.63, 3.8) is 0 Å². The molecule has 1 aliphatic heterocycles. The van der Waals surface area contributed by atoms with E-state index in [0.29, 0.717) is 9.31 Å². The van der Waals surface area contributed by atoms with Crippen LogP contribution in [0.3, 0.4) is 0 Å². The van der Waals surface area contributed by atoms with Crippen LogP contribution in [0.2, 0.25) is 0 Å². The molecule has 0 saturated carbocycles. The molecule has 1 amide bonds. The molecule has 3 rings (SSSR count). The van der Waals surface area contributed by atoms with Gasteiger partial charge >= 0.3 is 0 Å². The van der Waals surface area contributed by atoms with E-state index in [0.717, 1.165) is 16.9 Å². The highest BCUT2D eigenvalue weighted by molar-refractivity contribution is 8.25. The number of amides is 1. The lowest BCUT2D eigenvalue weighted by atomic mass is 10.1. The van der Waals surface area contributed by atoms with Crippen molar-refractivity contribution in [3.8, 4) is 0 Å². The molecule has 0 aliphatic carbocycles. The van der Waals surface area contributed by atoms with Crippen LogP contribution in [0.15, 0.2) is 42.5 Å². The van der Waals surface area contributed by atoms with Gasteiger partial charge in [-0.3, -0.25) is 9.69 Å². The summed E-state index contributed by atoms with van der Waals surface area (Å²) in [7, 11) is 0. The monoisotopic (exact) mass is 386 g/mol. The number of anilines is 2. The Bertz CT molecular complexity index is 879. The van der Waals surface area contributed by atoms with Gasteiger partial charge in [-0.2, -0.15) is 0 Å². The van der Waals surface area contributed by atoms with Gasteiger partial charge in [0.15, 0.2) is 0 Å². The molecule has 1 saturated heterocycles. The molecule has 1 atom stereocenters. The second kappa shape index (κ2) is 7.23. The Balaban J connectivity index is 1.79. The lowest BCUT2D eigenvalue weighted by molar-refractivity contribution is -0.115. The highest BCUT2D eigenvalue weighted by Gasteiger charge is 2.40. The third-order valence-electron chi connectivity index (χ3n) is 4.12. The number of nitrogens with zero attached hydrogens (tertiary/aromatic N) is 1. The summed E-state index contributed by atoms with van der Waals surface area (Å²) in [6, 6.07) is 13.8. The summed E-state index contributed by atoms with van der Waals surface area (Å²) in [4.78, 5) is 14.9. The van der Waals surface area contributed by atoms with E-state index < -0.39 is 5.25 Å². The second-order valence-corrected chi connectivity index (χ2v) is 8.24. The SMILES string of the molecule is Cc1cccc(N2C(=O)C(C(=S)Nc3ccc(C)c(C)c3)SC2=S)c1. The third kappa shape index (κ3) is 3.76. The molecule has 1 unspecified atom stereocenters. The Morgan fingerprint density at radius 2 is 1.88 bits per heavy atom. The number of rotatable bonds is 3. The van der Waals surface area contributed by atoms with Gasteiger partial charge in [0.05, 0.1) is 5.69 Å². The predicted molar refractivity (Wildman–Crippen MR) is 115 cm³/mol. The largest absolute Gasteiger partial charge is 0.349 e. The summed E-state index contributed by atoms with van der Waals surface area (Å²) in [6.07, 6.45) is 0. The zero-order chi connectivity index (χ0) is 18.1. The van der Waals surface area contributed by atoms with Crippen LogP contribution in [0, 0.1) is 20.8 Å². The average Bonchev–Trinajstić information content (AvgIpc) is 2.86.